The number of nitrogens with one attached hydrogen (secondary N) is 2. The van der Waals surface area contributed by atoms with Gasteiger partial charge in [-0.25, -0.2) is 13.2 Å². The lowest BCUT2D eigenvalue weighted by Gasteiger charge is -2.19. The minimum atomic E-state index is -2.76. The zero-order valence-corrected chi connectivity index (χ0v) is 24.2. The van der Waals surface area contributed by atoms with E-state index in [9.17, 15) is 18.4 Å². The molecule has 3 aromatic carbocycles. The molecule has 0 radical (unpaired) electrons. The van der Waals surface area contributed by atoms with Crippen LogP contribution in [-0.2, 0) is 16.1 Å². The summed E-state index contributed by atoms with van der Waals surface area (Å²) >= 11 is 9.64. The standard InChI is InChI=1S/C27H25BrClF3N2O3.CH3NO/c1-27(2,3)26(36)33-13-16-4-10-20(29)23(24(16)32)15-5-11-21(37-14-22(30)31)19(12-15)25(35)34-18-8-6-17(28)7-9-18;2-1-3/h4-12,22H,13-14H2,1-3H3,(H,33,36)(H,34,35);1H,(H2,2,3). The maximum Gasteiger partial charge on any atom is 0.272 e. The Labute approximate surface area is 243 Å². The number of carbonyl (C=O) groups is 3. The van der Waals surface area contributed by atoms with E-state index in [2.05, 4.69) is 32.3 Å². The molecule has 3 rings (SSSR count). The highest BCUT2D eigenvalue weighted by atomic mass is 79.9. The van der Waals surface area contributed by atoms with Gasteiger partial charge in [-0.3, -0.25) is 14.4 Å². The molecule has 4 N–H and O–H groups in total. The van der Waals surface area contributed by atoms with E-state index >= 15 is 4.39 Å². The van der Waals surface area contributed by atoms with Crippen molar-refractivity contribution in [1.29, 1.82) is 0 Å². The van der Waals surface area contributed by atoms with Crippen LogP contribution in [0.1, 0.15) is 36.7 Å². The SMILES string of the molecule is CC(C)(C)C(=O)NCc1ccc(Cl)c(-c2ccc(OCC(F)F)c(C(=O)Nc3ccc(Br)cc3)c2)c1F.NC=O. The van der Waals surface area contributed by atoms with E-state index in [1.807, 2.05) is 0 Å². The molecule has 0 aliphatic heterocycles. The summed E-state index contributed by atoms with van der Waals surface area (Å²) in [5, 5.41) is 5.45. The van der Waals surface area contributed by atoms with Crippen LogP contribution in [-0.4, -0.2) is 31.3 Å². The lowest BCUT2D eigenvalue weighted by Crippen LogP contribution is -2.34. The van der Waals surface area contributed by atoms with Crippen molar-refractivity contribution < 1.29 is 32.3 Å². The minimum absolute atomic E-state index is 0.00211. The number of amides is 3. The quantitative estimate of drug-likeness (QED) is 0.242. The van der Waals surface area contributed by atoms with Gasteiger partial charge in [-0.2, -0.15) is 0 Å². The molecular formula is C28H28BrClF3N3O4. The molecule has 0 saturated heterocycles. The lowest BCUT2D eigenvalue weighted by molar-refractivity contribution is -0.128. The van der Waals surface area contributed by atoms with E-state index in [0.29, 0.717) is 5.69 Å². The predicted octanol–water partition coefficient (Wildman–Crippen LogP) is 6.57. The molecule has 0 saturated carbocycles. The van der Waals surface area contributed by atoms with Gasteiger partial charge in [0.1, 0.15) is 18.2 Å². The first kappa shape index (κ1) is 32.6. The summed E-state index contributed by atoms with van der Waals surface area (Å²) in [4.78, 5) is 33.9. The summed E-state index contributed by atoms with van der Waals surface area (Å²) in [5.41, 5.74) is 4.31. The third-order valence-corrected chi connectivity index (χ3v) is 6.12. The maximum absolute atomic E-state index is 15.6. The van der Waals surface area contributed by atoms with Crippen LogP contribution in [0.2, 0.25) is 5.02 Å². The summed E-state index contributed by atoms with van der Waals surface area (Å²) in [6.07, 6.45) is -2.51. The van der Waals surface area contributed by atoms with Crippen LogP contribution in [0, 0.1) is 11.2 Å². The topological polar surface area (TPSA) is 111 Å². The van der Waals surface area contributed by atoms with Crippen LogP contribution in [0.3, 0.4) is 0 Å². The Morgan fingerprint density at radius 3 is 2.30 bits per heavy atom. The van der Waals surface area contributed by atoms with E-state index < -0.39 is 30.2 Å². The van der Waals surface area contributed by atoms with Crippen LogP contribution in [0.4, 0.5) is 18.9 Å². The lowest BCUT2D eigenvalue weighted by atomic mass is 9.95. The molecule has 214 valence electrons. The van der Waals surface area contributed by atoms with Gasteiger partial charge in [-0.05, 0) is 48.0 Å². The number of anilines is 1. The number of hydrogen-bond donors (Lipinski definition) is 3. The van der Waals surface area contributed by atoms with Crippen molar-refractivity contribution in [3.8, 4) is 16.9 Å². The Morgan fingerprint density at radius 1 is 1.10 bits per heavy atom. The highest BCUT2D eigenvalue weighted by Gasteiger charge is 2.23. The van der Waals surface area contributed by atoms with Gasteiger partial charge in [-0.15, -0.1) is 0 Å². The van der Waals surface area contributed by atoms with Gasteiger partial charge in [0.05, 0.1) is 10.6 Å². The van der Waals surface area contributed by atoms with Crippen LogP contribution in [0.25, 0.3) is 11.1 Å². The summed E-state index contributed by atoms with van der Waals surface area (Å²) in [5.74, 6) is -1.67. The van der Waals surface area contributed by atoms with E-state index in [-0.39, 0.29) is 51.9 Å². The first-order valence-electron chi connectivity index (χ1n) is 11.8. The van der Waals surface area contributed by atoms with Crippen molar-refractivity contribution >= 4 is 51.4 Å². The van der Waals surface area contributed by atoms with Crippen molar-refractivity contribution in [3.63, 3.8) is 0 Å². The van der Waals surface area contributed by atoms with Gasteiger partial charge in [-0.1, -0.05) is 60.4 Å². The van der Waals surface area contributed by atoms with Crippen LogP contribution < -0.4 is 21.1 Å². The second-order valence-electron chi connectivity index (χ2n) is 9.34. The molecule has 0 aliphatic rings. The number of nitrogens with two attached hydrogens (primary N) is 1. The zero-order valence-electron chi connectivity index (χ0n) is 21.9. The average Bonchev–Trinajstić information content (AvgIpc) is 2.88. The highest BCUT2D eigenvalue weighted by molar-refractivity contribution is 9.10. The van der Waals surface area contributed by atoms with Crippen LogP contribution in [0.5, 0.6) is 5.75 Å². The molecular weight excluding hydrogens is 615 g/mol. The second-order valence-corrected chi connectivity index (χ2v) is 10.7. The van der Waals surface area contributed by atoms with Crippen LogP contribution in [0.15, 0.2) is 59.1 Å². The second kappa shape index (κ2) is 14.7. The number of halogens is 5. The molecule has 0 atom stereocenters. The minimum Gasteiger partial charge on any atom is -0.487 e. The number of primary amides is 1. The number of hydrogen-bond acceptors (Lipinski definition) is 4. The van der Waals surface area contributed by atoms with Crippen molar-refractivity contribution in [2.24, 2.45) is 11.1 Å². The van der Waals surface area contributed by atoms with Crippen molar-refractivity contribution in [1.82, 2.24) is 5.32 Å². The molecule has 0 bridgehead atoms. The fraction of sp³-hybridized carbons (Fsp3) is 0.250. The summed E-state index contributed by atoms with van der Waals surface area (Å²) in [6.45, 7) is 4.23. The molecule has 40 heavy (non-hydrogen) atoms. The largest absolute Gasteiger partial charge is 0.487 e. The summed E-state index contributed by atoms with van der Waals surface area (Å²) in [7, 11) is 0. The smallest absolute Gasteiger partial charge is 0.272 e. The summed E-state index contributed by atoms with van der Waals surface area (Å²) < 4.78 is 47.1. The van der Waals surface area contributed by atoms with E-state index in [0.717, 1.165) is 4.47 Å². The van der Waals surface area contributed by atoms with Crippen molar-refractivity contribution in [2.75, 3.05) is 11.9 Å². The van der Waals surface area contributed by atoms with Crippen molar-refractivity contribution in [3.05, 3.63) is 81.0 Å². The first-order chi connectivity index (χ1) is 18.8. The van der Waals surface area contributed by atoms with Crippen molar-refractivity contribution in [2.45, 2.75) is 33.7 Å². The Bertz CT molecular complexity index is 1350. The number of alkyl halides is 2. The number of rotatable bonds is 8. The Balaban J connectivity index is 0.00000178. The monoisotopic (exact) mass is 641 g/mol. The van der Waals surface area contributed by atoms with E-state index in [1.165, 1.54) is 30.3 Å². The van der Waals surface area contributed by atoms with Gasteiger partial charge in [0.15, 0.2) is 0 Å². The molecule has 12 heteroatoms. The number of benzene rings is 3. The number of ether oxygens (including phenoxy) is 1. The third-order valence-electron chi connectivity index (χ3n) is 5.27. The average molecular weight is 643 g/mol. The maximum atomic E-state index is 15.6. The molecule has 3 aromatic rings. The molecule has 0 aromatic heterocycles. The summed E-state index contributed by atoms with van der Waals surface area (Å²) in [6, 6.07) is 13.8. The van der Waals surface area contributed by atoms with Gasteiger partial charge < -0.3 is 21.1 Å². The van der Waals surface area contributed by atoms with E-state index in [1.54, 1.807) is 45.0 Å². The molecule has 0 aliphatic carbocycles. The molecule has 0 spiro atoms. The van der Waals surface area contributed by atoms with Gasteiger partial charge >= 0.3 is 0 Å². The Morgan fingerprint density at radius 2 is 1.73 bits per heavy atom. The molecule has 0 unspecified atom stereocenters. The highest BCUT2D eigenvalue weighted by Crippen LogP contribution is 2.35. The number of carbonyl (C=O) groups excluding carboxylic acids is 3. The van der Waals surface area contributed by atoms with Gasteiger partial charge in [0.2, 0.25) is 12.3 Å². The predicted molar refractivity (Wildman–Crippen MR) is 152 cm³/mol. The molecule has 7 nitrogen and oxygen atoms in total. The normalized spacial score (nSPS) is 10.8. The Kier molecular flexibility index (Phi) is 12.0. The first-order valence-corrected chi connectivity index (χ1v) is 13.0. The molecule has 3 amide bonds. The van der Waals surface area contributed by atoms with Gasteiger partial charge in [0.25, 0.3) is 12.3 Å². The zero-order chi connectivity index (χ0) is 30.0. The Hall–Kier alpha value is -3.57. The van der Waals surface area contributed by atoms with Gasteiger partial charge in [0, 0.05) is 33.2 Å². The van der Waals surface area contributed by atoms with Crippen LogP contribution >= 0.6 is 27.5 Å². The fourth-order valence-electron chi connectivity index (χ4n) is 3.31. The fourth-order valence-corrected chi connectivity index (χ4v) is 3.83. The molecule has 0 fully saturated rings. The van der Waals surface area contributed by atoms with E-state index in [4.69, 9.17) is 21.1 Å². The molecule has 0 heterocycles. The third kappa shape index (κ3) is 9.27.